The van der Waals surface area contributed by atoms with Crippen LogP contribution in [0.2, 0.25) is 10.0 Å². The van der Waals surface area contributed by atoms with Gasteiger partial charge in [-0.05, 0) is 147 Å². The summed E-state index contributed by atoms with van der Waals surface area (Å²) in [6, 6.07) is 34.3. The lowest BCUT2D eigenvalue weighted by Crippen LogP contribution is -2.37. The number of imidazole rings is 2. The maximum atomic E-state index is 12.9. The summed E-state index contributed by atoms with van der Waals surface area (Å²) < 4.78 is 15.4. The van der Waals surface area contributed by atoms with Crippen LogP contribution >= 0.6 is 23.2 Å². The summed E-state index contributed by atoms with van der Waals surface area (Å²) in [7, 11) is 0. The van der Waals surface area contributed by atoms with Crippen LogP contribution in [0.4, 0.5) is 0 Å². The number of amides is 2. The van der Waals surface area contributed by atoms with E-state index in [1.54, 1.807) is 42.6 Å². The highest BCUT2D eigenvalue weighted by molar-refractivity contribution is 6.32. The molecular formula is C58H64Cl2N6O6. The lowest BCUT2D eigenvalue weighted by Gasteiger charge is -2.19. The quantitative estimate of drug-likeness (QED) is 0.0663. The number of ether oxygens (including phenoxy) is 2. The van der Waals surface area contributed by atoms with Crippen LogP contribution in [0, 0.1) is 0 Å². The van der Waals surface area contributed by atoms with Crippen LogP contribution in [-0.4, -0.2) is 78.3 Å². The SMILES string of the molecule is CC(C)Oc1ccc(C(=O)N[C@H](CCO)Cc2ccc(-c3ccc4nc(C(C)(C)C)cn4c3)cc2)cc1Cl.CC(C)Oc1ccc(C(=O)N[C@H](CCO)Cc2ccc(-c3ccc4nccn4c3)cc2)cc1Cl. The molecule has 0 unspecified atom stereocenters. The number of carbonyl (C=O) groups is 2. The van der Waals surface area contributed by atoms with Crippen molar-refractivity contribution in [2.75, 3.05) is 13.2 Å². The molecule has 0 fully saturated rings. The number of halogens is 2. The summed E-state index contributed by atoms with van der Waals surface area (Å²) in [5.74, 6) is 0.627. The molecule has 14 heteroatoms. The van der Waals surface area contributed by atoms with Crippen LogP contribution in [0.15, 0.2) is 140 Å². The molecule has 0 spiro atoms. The van der Waals surface area contributed by atoms with Gasteiger partial charge in [-0.25, -0.2) is 9.97 Å². The van der Waals surface area contributed by atoms with Crippen molar-refractivity contribution in [3.05, 3.63) is 178 Å². The van der Waals surface area contributed by atoms with Crippen LogP contribution in [0.3, 0.4) is 0 Å². The van der Waals surface area contributed by atoms with Gasteiger partial charge in [0.25, 0.3) is 11.8 Å². The molecule has 0 aliphatic rings. The molecule has 0 radical (unpaired) electrons. The number of aromatic nitrogens is 4. The predicted octanol–water partition coefficient (Wildman–Crippen LogP) is 11.6. The van der Waals surface area contributed by atoms with Gasteiger partial charge in [0.2, 0.25) is 0 Å². The van der Waals surface area contributed by atoms with Gasteiger partial charge in [-0.15, -0.1) is 0 Å². The normalized spacial score (nSPS) is 12.4. The van der Waals surface area contributed by atoms with E-state index >= 15 is 0 Å². The Morgan fingerprint density at radius 1 is 0.597 bits per heavy atom. The van der Waals surface area contributed by atoms with Crippen molar-refractivity contribution in [3.63, 3.8) is 0 Å². The molecule has 0 aliphatic carbocycles. The molecule has 8 rings (SSSR count). The molecule has 0 saturated carbocycles. The number of aliphatic hydroxyl groups is 2. The molecule has 0 aliphatic heterocycles. The number of rotatable bonds is 18. The molecule has 4 N–H and O–H groups in total. The number of hydrogen-bond acceptors (Lipinski definition) is 8. The van der Waals surface area contributed by atoms with Gasteiger partial charge in [-0.2, -0.15) is 0 Å². The molecule has 2 amide bonds. The summed E-state index contributed by atoms with van der Waals surface area (Å²) >= 11 is 12.6. The fourth-order valence-electron chi connectivity index (χ4n) is 8.13. The fraction of sp³-hybridized carbons (Fsp3) is 0.310. The van der Waals surface area contributed by atoms with Gasteiger partial charge in [0.1, 0.15) is 22.8 Å². The molecule has 4 aromatic carbocycles. The van der Waals surface area contributed by atoms with Crippen molar-refractivity contribution in [2.24, 2.45) is 0 Å². The van der Waals surface area contributed by atoms with Gasteiger partial charge in [-0.1, -0.05) is 92.5 Å². The van der Waals surface area contributed by atoms with Crippen LogP contribution in [0.25, 0.3) is 33.5 Å². The van der Waals surface area contributed by atoms with Gasteiger partial charge in [0.15, 0.2) is 0 Å². The number of pyridine rings is 2. The minimum atomic E-state index is -0.235. The molecule has 72 heavy (non-hydrogen) atoms. The van der Waals surface area contributed by atoms with Crippen molar-refractivity contribution in [2.45, 2.75) is 104 Å². The van der Waals surface area contributed by atoms with E-state index < -0.39 is 0 Å². The van der Waals surface area contributed by atoms with Gasteiger partial charge in [-0.3, -0.25) is 9.59 Å². The van der Waals surface area contributed by atoms with E-state index in [1.807, 2.05) is 50.4 Å². The molecule has 8 aromatic rings. The Bertz CT molecular complexity index is 3090. The van der Waals surface area contributed by atoms with E-state index in [0.717, 1.165) is 50.4 Å². The molecule has 376 valence electrons. The van der Waals surface area contributed by atoms with Crippen LogP contribution < -0.4 is 20.1 Å². The molecule has 4 heterocycles. The number of fused-ring (bicyclic) bond motifs is 2. The maximum absolute atomic E-state index is 12.9. The highest BCUT2D eigenvalue weighted by Gasteiger charge is 2.20. The predicted molar refractivity (Wildman–Crippen MR) is 288 cm³/mol. The topological polar surface area (TPSA) is 152 Å². The van der Waals surface area contributed by atoms with Crippen LogP contribution in [0.1, 0.15) is 98.8 Å². The van der Waals surface area contributed by atoms with Crippen molar-refractivity contribution in [3.8, 4) is 33.8 Å². The Kier molecular flexibility index (Phi) is 17.8. The Morgan fingerprint density at radius 2 is 1.04 bits per heavy atom. The second-order valence-corrected chi connectivity index (χ2v) is 20.3. The summed E-state index contributed by atoms with van der Waals surface area (Å²) in [5, 5.41) is 26.0. The number of benzene rings is 4. The maximum Gasteiger partial charge on any atom is 0.251 e. The zero-order valence-electron chi connectivity index (χ0n) is 41.9. The first kappa shape index (κ1) is 53.1. The summed E-state index contributed by atoms with van der Waals surface area (Å²) in [6.07, 6.45) is 12.0. The lowest BCUT2D eigenvalue weighted by atomic mass is 9.93. The van der Waals surface area contributed by atoms with Gasteiger partial charge in [0.05, 0.1) is 27.9 Å². The van der Waals surface area contributed by atoms with Gasteiger partial charge < -0.3 is 39.1 Å². The molecule has 0 saturated heterocycles. The van der Waals surface area contributed by atoms with Crippen molar-refractivity contribution < 1.29 is 29.3 Å². The standard InChI is InChI=1S/C31H36ClN3O3.C27H28ClN3O3/c1-20(2)38-27-12-10-23(17-26(27)32)30(37)33-25(14-15-36)16-21-6-8-22(9-7-21)24-11-13-29-34-28(31(3,4)5)19-35(29)18-24;1-18(2)34-25-9-7-21(16-24(25)28)27(33)30-23(11-14-32)15-19-3-5-20(6-4-19)22-8-10-26-29-12-13-31(26)17-22/h6-13,17-20,25,36H,14-16H2,1-5H3,(H,33,37);3-10,12-13,16-18,23,32H,11,14-15H2,1-2H3,(H,30,33)/t25-;23-/m11/s1. The highest BCUT2D eigenvalue weighted by Crippen LogP contribution is 2.29. The largest absolute Gasteiger partial charge is 0.489 e. The first-order valence-electron chi connectivity index (χ1n) is 24.3. The average Bonchev–Trinajstić information content (AvgIpc) is 4.01. The Hall–Kier alpha value is -6.70. The third-order valence-corrected chi connectivity index (χ3v) is 12.5. The molecule has 2 atom stereocenters. The summed E-state index contributed by atoms with van der Waals surface area (Å²) in [6.45, 7) is 14.1. The molecule has 4 aromatic heterocycles. The van der Waals surface area contributed by atoms with Gasteiger partial charge in [0, 0.05) is 72.8 Å². The average molecular weight is 1010 g/mol. The zero-order chi connectivity index (χ0) is 51.5. The number of nitrogens with zero attached hydrogens (tertiary/aromatic N) is 4. The van der Waals surface area contributed by atoms with Crippen LogP contribution in [-0.2, 0) is 18.3 Å². The van der Waals surface area contributed by atoms with E-state index in [0.29, 0.717) is 58.4 Å². The Morgan fingerprint density at radius 3 is 1.47 bits per heavy atom. The first-order chi connectivity index (χ1) is 34.5. The zero-order valence-corrected chi connectivity index (χ0v) is 43.4. The Balaban J connectivity index is 0.000000213. The smallest absolute Gasteiger partial charge is 0.251 e. The van der Waals surface area contributed by atoms with E-state index in [2.05, 4.69) is 120 Å². The molecular weight excluding hydrogens is 948 g/mol. The number of hydrogen-bond donors (Lipinski definition) is 4. The molecule has 12 nitrogen and oxygen atoms in total. The van der Waals surface area contributed by atoms with Crippen molar-refractivity contribution in [1.82, 2.24) is 29.4 Å². The Labute approximate surface area is 432 Å². The lowest BCUT2D eigenvalue weighted by molar-refractivity contribution is 0.0921. The van der Waals surface area contributed by atoms with Crippen LogP contribution in [0.5, 0.6) is 11.5 Å². The highest BCUT2D eigenvalue weighted by atomic mass is 35.5. The summed E-state index contributed by atoms with van der Waals surface area (Å²) in [4.78, 5) is 34.8. The van der Waals surface area contributed by atoms with E-state index in [-0.39, 0.29) is 54.7 Å². The number of carbonyl (C=O) groups excluding carboxylic acids is 2. The first-order valence-corrected chi connectivity index (χ1v) is 25.1. The fourth-order valence-corrected chi connectivity index (χ4v) is 8.58. The summed E-state index contributed by atoms with van der Waals surface area (Å²) in [5.41, 5.74) is 10.3. The van der Waals surface area contributed by atoms with E-state index in [9.17, 15) is 19.8 Å². The third kappa shape index (κ3) is 14.3. The second-order valence-electron chi connectivity index (χ2n) is 19.5. The monoisotopic (exact) mass is 1010 g/mol. The van der Waals surface area contributed by atoms with Gasteiger partial charge >= 0.3 is 0 Å². The number of nitrogens with one attached hydrogen (secondary N) is 2. The molecule has 0 bridgehead atoms. The third-order valence-electron chi connectivity index (χ3n) is 11.9. The van der Waals surface area contributed by atoms with Crippen molar-refractivity contribution in [1.29, 1.82) is 0 Å². The van der Waals surface area contributed by atoms with Crippen molar-refractivity contribution >= 4 is 46.3 Å². The second kappa shape index (κ2) is 24.1. The van der Waals surface area contributed by atoms with E-state index in [1.165, 1.54) is 0 Å². The van der Waals surface area contributed by atoms with E-state index in [4.69, 9.17) is 37.7 Å². The number of aliphatic hydroxyl groups excluding tert-OH is 2. The minimum absolute atomic E-state index is 0.00769. The minimum Gasteiger partial charge on any atom is -0.489 e.